The fourth-order valence-corrected chi connectivity index (χ4v) is 2.31. The maximum absolute atomic E-state index is 11.1. The third-order valence-corrected chi connectivity index (χ3v) is 3.39. The van der Waals surface area contributed by atoms with Crippen molar-refractivity contribution in [2.24, 2.45) is 5.73 Å². The first-order chi connectivity index (χ1) is 8.79. The highest BCUT2D eigenvalue weighted by Gasteiger charge is 2.17. The number of hydrogen-bond acceptors (Lipinski definition) is 4. The third kappa shape index (κ3) is 2.59. The summed E-state index contributed by atoms with van der Waals surface area (Å²) in [5.74, 6) is -0.590. The van der Waals surface area contributed by atoms with Crippen LogP contribution in [0.3, 0.4) is 0 Å². The quantitative estimate of drug-likeness (QED) is 0.616. The van der Waals surface area contributed by atoms with Gasteiger partial charge in [0.05, 0.1) is 0 Å². The summed E-state index contributed by atoms with van der Waals surface area (Å²) in [5.41, 5.74) is 5.25. The van der Waals surface area contributed by atoms with Crippen LogP contribution in [-0.2, 0) is 10.1 Å². The van der Waals surface area contributed by atoms with E-state index in [1.54, 1.807) is 12.1 Å². The van der Waals surface area contributed by atoms with Crippen molar-refractivity contribution in [1.29, 1.82) is 0 Å². The van der Waals surface area contributed by atoms with Gasteiger partial charge >= 0.3 is 6.03 Å². The fourth-order valence-electron chi connectivity index (χ4n) is 1.71. The molecule has 2 amide bonds. The van der Waals surface area contributed by atoms with Gasteiger partial charge in [-0.15, -0.1) is 0 Å². The van der Waals surface area contributed by atoms with E-state index in [-0.39, 0.29) is 5.39 Å². The number of aromatic hydroxyl groups is 1. The number of nitrogens with one attached hydrogen (secondary N) is 1. The normalized spacial score (nSPS) is 11.4. The molecule has 0 spiro atoms. The number of nitrogens with two attached hydrogens (primary N) is 1. The number of phenols is 1. The van der Waals surface area contributed by atoms with Crippen molar-refractivity contribution < 1.29 is 22.9 Å². The van der Waals surface area contributed by atoms with Gasteiger partial charge < -0.3 is 16.2 Å². The van der Waals surface area contributed by atoms with Gasteiger partial charge in [0, 0.05) is 11.1 Å². The van der Waals surface area contributed by atoms with Gasteiger partial charge in [-0.25, -0.2) is 4.79 Å². The molecule has 0 unspecified atom stereocenters. The van der Waals surface area contributed by atoms with Crippen LogP contribution in [0.2, 0.25) is 0 Å². The largest absolute Gasteiger partial charge is 0.506 e. The molecule has 5 N–H and O–H groups in total. The van der Waals surface area contributed by atoms with Crippen molar-refractivity contribution in [3.63, 3.8) is 0 Å². The molecule has 8 heteroatoms. The summed E-state index contributed by atoms with van der Waals surface area (Å²) in [4.78, 5) is 10.1. The lowest BCUT2D eigenvalue weighted by atomic mass is 10.1. The maximum atomic E-state index is 11.1. The molecule has 0 aliphatic rings. The number of hydrogen-bond donors (Lipinski definition) is 4. The zero-order chi connectivity index (χ0) is 14.2. The lowest BCUT2D eigenvalue weighted by Crippen LogP contribution is -2.19. The summed E-state index contributed by atoms with van der Waals surface area (Å²) in [7, 11) is -4.52. The number of carbonyl (C=O) groups excluding carboxylic acids is 1. The van der Waals surface area contributed by atoms with Crippen LogP contribution in [0, 0.1) is 0 Å². The predicted octanol–water partition coefficient (Wildman–Crippen LogP) is 1.28. The summed E-state index contributed by atoms with van der Waals surface area (Å²) < 4.78 is 31.1. The average Bonchev–Trinajstić information content (AvgIpc) is 2.27. The van der Waals surface area contributed by atoms with Gasteiger partial charge in [0.25, 0.3) is 10.1 Å². The maximum Gasteiger partial charge on any atom is 0.316 e. The van der Waals surface area contributed by atoms with Crippen LogP contribution in [0.1, 0.15) is 0 Å². The van der Waals surface area contributed by atoms with E-state index in [1.165, 1.54) is 12.1 Å². The zero-order valence-corrected chi connectivity index (χ0v) is 10.3. The lowest BCUT2D eigenvalue weighted by molar-refractivity contribution is 0.259. The monoisotopic (exact) mass is 282 g/mol. The van der Waals surface area contributed by atoms with Gasteiger partial charge in [0.2, 0.25) is 0 Å². The Hall–Kier alpha value is -2.32. The number of rotatable bonds is 2. The zero-order valence-electron chi connectivity index (χ0n) is 9.49. The van der Waals surface area contributed by atoms with E-state index in [0.717, 1.165) is 6.07 Å². The van der Waals surface area contributed by atoms with Gasteiger partial charge in [-0.1, -0.05) is 12.1 Å². The van der Waals surface area contributed by atoms with E-state index in [2.05, 4.69) is 5.32 Å². The molecule has 19 heavy (non-hydrogen) atoms. The van der Waals surface area contributed by atoms with E-state index in [9.17, 15) is 18.3 Å². The van der Waals surface area contributed by atoms with Crippen LogP contribution in [0.4, 0.5) is 10.5 Å². The highest BCUT2D eigenvalue weighted by Crippen LogP contribution is 2.33. The van der Waals surface area contributed by atoms with Crippen LogP contribution in [0.5, 0.6) is 5.75 Å². The van der Waals surface area contributed by atoms with Crippen molar-refractivity contribution in [2.45, 2.75) is 4.90 Å². The minimum absolute atomic E-state index is 0.168. The summed E-state index contributed by atoms with van der Waals surface area (Å²) in [5, 5.41) is 12.9. The van der Waals surface area contributed by atoms with Crippen molar-refractivity contribution in [1.82, 2.24) is 0 Å². The Morgan fingerprint density at radius 3 is 2.42 bits per heavy atom. The number of amides is 2. The highest BCUT2D eigenvalue weighted by atomic mass is 32.2. The van der Waals surface area contributed by atoms with E-state index in [0.29, 0.717) is 11.1 Å². The molecule has 2 aromatic rings. The number of benzene rings is 2. The van der Waals surface area contributed by atoms with E-state index in [4.69, 9.17) is 10.3 Å². The number of fused-ring (bicyclic) bond motifs is 1. The number of phenolic OH excluding ortho intramolecular Hbond substituents is 1. The highest BCUT2D eigenvalue weighted by molar-refractivity contribution is 7.86. The molecule has 2 rings (SSSR count). The molecule has 0 saturated heterocycles. The number of carbonyl (C=O) groups is 1. The Morgan fingerprint density at radius 2 is 1.84 bits per heavy atom. The first-order valence-electron chi connectivity index (χ1n) is 5.09. The van der Waals surface area contributed by atoms with Crippen LogP contribution in [0.15, 0.2) is 35.2 Å². The number of primary amides is 1. The molecule has 100 valence electrons. The molecule has 0 aromatic heterocycles. The average molecular weight is 282 g/mol. The Morgan fingerprint density at radius 1 is 1.21 bits per heavy atom. The second-order valence-corrected chi connectivity index (χ2v) is 5.20. The third-order valence-electron chi connectivity index (χ3n) is 2.50. The minimum Gasteiger partial charge on any atom is -0.506 e. The Balaban J connectivity index is 2.69. The SMILES string of the molecule is NC(=O)Nc1ccc2ccc(S(=O)(=O)O)c(O)c2c1. The molecule has 0 radical (unpaired) electrons. The molecule has 0 aliphatic heterocycles. The van der Waals surface area contributed by atoms with E-state index >= 15 is 0 Å². The van der Waals surface area contributed by atoms with Crippen LogP contribution < -0.4 is 11.1 Å². The summed E-state index contributed by atoms with van der Waals surface area (Å²) >= 11 is 0. The summed E-state index contributed by atoms with van der Waals surface area (Å²) in [6.07, 6.45) is 0. The van der Waals surface area contributed by atoms with E-state index in [1.807, 2.05) is 0 Å². The van der Waals surface area contributed by atoms with Crippen molar-refractivity contribution >= 4 is 32.6 Å². The molecular weight excluding hydrogens is 272 g/mol. The molecular formula is C11H10N2O5S. The Kier molecular flexibility index (Phi) is 3.05. The summed E-state index contributed by atoms with van der Waals surface area (Å²) in [6, 6.07) is 6.18. The molecule has 0 heterocycles. The topological polar surface area (TPSA) is 130 Å². The molecule has 0 bridgehead atoms. The number of anilines is 1. The fraction of sp³-hybridized carbons (Fsp3) is 0. The van der Waals surface area contributed by atoms with Gasteiger partial charge in [-0.3, -0.25) is 4.55 Å². The Labute approximate surface area is 108 Å². The first kappa shape index (κ1) is 13.1. The van der Waals surface area contributed by atoms with Gasteiger partial charge in [-0.2, -0.15) is 8.42 Å². The van der Waals surface area contributed by atoms with Gasteiger partial charge in [-0.05, 0) is 23.6 Å². The molecule has 0 atom stereocenters. The second-order valence-electron chi connectivity index (χ2n) is 3.81. The molecule has 7 nitrogen and oxygen atoms in total. The van der Waals surface area contributed by atoms with Gasteiger partial charge in [0.1, 0.15) is 10.6 Å². The molecule has 0 fully saturated rings. The number of urea groups is 1. The lowest BCUT2D eigenvalue weighted by Gasteiger charge is -2.08. The van der Waals surface area contributed by atoms with E-state index < -0.39 is 26.8 Å². The smallest absolute Gasteiger partial charge is 0.316 e. The van der Waals surface area contributed by atoms with Crippen molar-refractivity contribution in [3.05, 3.63) is 30.3 Å². The molecule has 2 aromatic carbocycles. The van der Waals surface area contributed by atoms with Crippen molar-refractivity contribution in [3.8, 4) is 5.75 Å². The second kappa shape index (κ2) is 4.41. The summed E-state index contributed by atoms with van der Waals surface area (Å²) in [6.45, 7) is 0. The standard InChI is InChI=1S/C11H10N2O5S/c12-11(15)13-7-3-1-6-2-4-9(19(16,17)18)10(14)8(6)5-7/h1-5,14H,(H3,12,13,15)(H,16,17,18). The van der Waals surface area contributed by atoms with Crippen LogP contribution in [-0.4, -0.2) is 24.1 Å². The molecule has 0 saturated carbocycles. The first-order valence-corrected chi connectivity index (χ1v) is 6.53. The van der Waals surface area contributed by atoms with Gasteiger partial charge in [0.15, 0.2) is 0 Å². The molecule has 0 aliphatic carbocycles. The van der Waals surface area contributed by atoms with Crippen LogP contribution >= 0.6 is 0 Å². The van der Waals surface area contributed by atoms with Crippen molar-refractivity contribution in [2.75, 3.05) is 5.32 Å². The minimum atomic E-state index is -4.52. The predicted molar refractivity (Wildman–Crippen MR) is 68.6 cm³/mol. The van der Waals surface area contributed by atoms with Crippen LogP contribution in [0.25, 0.3) is 10.8 Å². The Bertz CT molecular complexity index is 770.